The fraction of sp³-hybridized carbons (Fsp3) is 0.467. The first-order valence-electron chi connectivity index (χ1n) is 13.1. The summed E-state index contributed by atoms with van der Waals surface area (Å²) in [5.74, 6) is -1.37. The molecule has 2 heterocycles. The predicted molar refractivity (Wildman–Crippen MR) is 140 cm³/mol. The molecular weight excluding hydrogens is 536 g/mol. The van der Waals surface area contributed by atoms with E-state index in [2.05, 4.69) is 19.4 Å². The minimum Gasteiger partial charge on any atom is -0.467 e. The van der Waals surface area contributed by atoms with E-state index >= 15 is 0 Å². The van der Waals surface area contributed by atoms with Crippen LogP contribution < -0.4 is 0 Å². The van der Waals surface area contributed by atoms with Crippen LogP contribution in [0.15, 0.2) is 45.8 Å². The SMILES string of the molecule is [C-]#[N+]C(C#N)=C1CC(=C(C#N)[N+]#[C-])OC2(CCC(C3CCC4(CC3)OC(=C(C#N)[N+]#[C-])CC(=C(C#N)[N+]#[C-])O4)CC2)O1. The number of hydrogen-bond donors (Lipinski definition) is 0. The lowest BCUT2D eigenvalue weighted by Gasteiger charge is -2.48. The molecule has 12 nitrogen and oxygen atoms in total. The summed E-state index contributed by atoms with van der Waals surface area (Å²) in [6.07, 6.45) is 4.29. The van der Waals surface area contributed by atoms with Crippen LogP contribution in [0.5, 0.6) is 0 Å². The highest BCUT2D eigenvalue weighted by atomic mass is 16.7. The highest BCUT2D eigenvalue weighted by Gasteiger charge is 2.49. The second kappa shape index (κ2) is 12.1. The van der Waals surface area contributed by atoms with Gasteiger partial charge in [-0.05, 0) is 37.5 Å². The van der Waals surface area contributed by atoms with E-state index in [9.17, 15) is 21.0 Å². The predicted octanol–water partition coefficient (Wildman–Crippen LogP) is 6.25. The molecule has 0 bridgehead atoms. The van der Waals surface area contributed by atoms with E-state index in [1.807, 2.05) is 24.3 Å². The molecule has 0 aromatic heterocycles. The lowest BCUT2D eigenvalue weighted by Crippen LogP contribution is -2.46. The molecule has 2 aliphatic carbocycles. The van der Waals surface area contributed by atoms with Gasteiger partial charge in [-0.25, -0.2) is 40.4 Å². The van der Waals surface area contributed by atoms with Crippen molar-refractivity contribution in [2.75, 3.05) is 0 Å². The van der Waals surface area contributed by atoms with Crippen LogP contribution >= 0.6 is 0 Å². The number of rotatable bonds is 1. The first-order chi connectivity index (χ1) is 20.3. The average Bonchev–Trinajstić information content (AvgIpc) is 3.00. The monoisotopic (exact) mass is 558 g/mol. The zero-order valence-corrected chi connectivity index (χ0v) is 22.4. The molecule has 0 atom stereocenters. The van der Waals surface area contributed by atoms with E-state index in [0.29, 0.717) is 51.4 Å². The molecule has 42 heavy (non-hydrogen) atoms. The molecule has 12 heteroatoms. The van der Waals surface area contributed by atoms with E-state index in [1.54, 1.807) is 0 Å². The third kappa shape index (κ3) is 5.54. The topological polar surface area (TPSA) is 150 Å². The molecule has 0 N–H and O–H groups in total. The van der Waals surface area contributed by atoms with Crippen LogP contribution in [-0.2, 0) is 18.9 Å². The van der Waals surface area contributed by atoms with Gasteiger partial charge in [0.2, 0.25) is 11.6 Å². The fourth-order valence-electron chi connectivity index (χ4n) is 6.01. The van der Waals surface area contributed by atoms with Gasteiger partial charge in [0.25, 0.3) is 22.8 Å². The normalized spacial score (nSPS) is 32.8. The van der Waals surface area contributed by atoms with Crippen molar-refractivity contribution in [3.05, 3.63) is 91.5 Å². The van der Waals surface area contributed by atoms with Gasteiger partial charge < -0.3 is 18.9 Å². The van der Waals surface area contributed by atoms with E-state index < -0.39 is 11.6 Å². The van der Waals surface area contributed by atoms with E-state index in [-0.39, 0.29) is 70.5 Å². The van der Waals surface area contributed by atoms with Crippen LogP contribution in [0, 0.1) is 83.4 Å². The number of nitriles is 4. The Hall–Kier alpha value is -5.92. The molecule has 0 amide bonds. The molecular formula is C30H22N8O4. The summed E-state index contributed by atoms with van der Waals surface area (Å²) in [4.78, 5) is 13.0. The molecule has 4 fully saturated rings. The van der Waals surface area contributed by atoms with Gasteiger partial charge in [0.05, 0.1) is 50.6 Å². The molecule has 2 spiro atoms. The number of hydrogen-bond acceptors (Lipinski definition) is 8. The maximum Gasteiger partial charge on any atom is 0.299 e. The third-order valence-corrected chi connectivity index (χ3v) is 8.06. The second-order valence-corrected chi connectivity index (χ2v) is 10.2. The van der Waals surface area contributed by atoms with Crippen molar-refractivity contribution >= 4 is 0 Å². The Morgan fingerprint density at radius 1 is 0.524 bits per heavy atom. The molecule has 4 aliphatic rings. The standard InChI is InChI=1S/C30H22N8O4/c1-35-21(15-31)25-13-26(22(16-32)36-2)40-29(39-25)9-5-19(6-10-29)20-7-11-30(12-8-20)41-27(23(17-33)37-3)14-28(42-30)24(18-34)38-4/h19-20H,5-14H2. The van der Waals surface area contributed by atoms with Gasteiger partial charge in [-0.15, -0.1) is 0 Å². The molecule has 0 aromatic carbocycles. The summed E-state index contributed by atoms with van der Waals surface area (Å²) >= 11 is 0. The van der Waals surface area contributed by atoms with Crippen molar-refractivity contribution in [1.29, 1.82) is 21.0 Å². The van der Waals surface area contributed by atoms with E-state index in [4.69, 9.17) is 45.2 Å². The Labute approximate surface area is 243 Å². The van der Waals surface area contributed by atoms with Crippen molar-refractivity contribution in [3.8, 4) is 24.3 Å². The maximum atomic E-state index is 9.40. The minimum absolute atomic E-state index is 0.106. The fourth-order valence-corrected chi connectivity index (χ4v) is 6.01. The highest BCUT2D eigenvalue weighted by molar-refractivity contribution is 5.39. The summed E-state index contributed by atoms with van der Waals surface area (Å²) in [5.41, 5.74) is -0.937. The largest absolute Gasteiger partial charge is 0.467 e. The smallest absolute Gasteiger partial charge is 0.299 e. The van der Waals surface area contributed by atoms with Crippen LogP contribution in [0.2, 0.25) is 0 Å². The van der Waals surface area contributed by atoms with Crippen molar-refractivity contribution < 1.29 is 18.9 Å². The Bertz CT molecular complexity index is 1350. The molecule has 2 saturated heterocycles. The summed E-state index contributed by atoms with van der Waals surface area (Å²) in [6.45, 7) is 29.3. The van der Waals surface area contributed by atoms with Crippen molar-refractivity contribution in [3.63, 3.8) is 0 Å². The van der Waals surface area contributed by atoms with Gasteiger partial charge in [-0.3, -0.25) is 0 Å². The zero-order chi connectivity index (χ0) is 30.3. The minimum atomic E-state index is -1.18. The first-order valence-corrected chi connectivity index (χ1v) is 13.1. The van der Waals surface area contributed by atoms with Crippen LogP contribution in [0.25, 0.3) is 19.4 Å². The van der Waals surface area contributed by atoms with E-state index in [1.165, 1.54) is 0 Å². The lowest BCUT2D eigenvalue weighted by atomic mass is 9.70. The van der Waals surface area contributed by atoms with Crippen molar-refractivity contribution in [2.24, 2.45) is 11.8 Å². The highest BCUT2D eigenvalue weighted by Crippen LogP contribution is 2.51. The Morgan fingerprint density at radius 2 is 0.762 bits per heavy atom. The Kier molecular flexibility index (Phi) is 8.36. The molecule has 2 aliphatic heterocycles. The van der Waals surface area contributed by atoms with Gasteiger partial charge in [0, 0.05) is 38.5 Å². The van der Waals surface area contributed by atoms with Gasteiger partial charge in [0.1, 0.15) is 23.0 Å². The number of allylic oxidation sites excluding steroid dienone is 4. The summed E-state index contributed by atoms with van der Waals surface area (Å²) in [5, 5.41) is 37.6. The van der Waals surface area contributed by atoms with Crippen LogP contribution in [0.1, 0.15) is 64.2 Å². The number of nitrogens with zero attached hydrogens (tertiary/aromatic N) is 8. The van der Waals surface area contributed by atoms with Gasteiger partial charge in [0.15, 0.2) is 0 Å². The van der Waals surface area contributed by atoms with Crippen LogP contribution in [0.4, 0.5) is 0 Å². The van der Waals surface area contributed by atoms with Crippen molar-refractivity contribution in [2.45, 2.75) is 75.8 Å². The van der Waals surface area contributed by atoms with Gasteiger partial charge in [-0.1, -0.05) is 0 Å². The number of ether oxygens (including phenoxy) is 4. The Morgan fingerprint density at radius 3 is 0.952 bits per heavy atom. The molecule has 4 rings (SSSR count). The lowest BCUT2D eigenvalue weighted by molar-refractivity contribution is -0.246. The zero-order valence-electron chi connectivity index (χ0n) is 22.4. The van der Waals surface area contributed by atoms with Gasteiger partial charge >= 0.3 is 0 Å². The summed E-state index contributed by atoms with van der Waals surface area (Å²) in [6, 6.07) is 7.30. The van der Waals surface area contributed by atoms with Crippen LogP contribution in [0.3, 0.4) is 0 Å². The maximum absolute atomic E-state index is 9.40. The molecule has 0 unspecified atom stereocenters. The second-order valence-electron chi connectivity index (χ2n) is 10.2. The van der Waals surface area contributed by atoms with Gasteiger partial charge in [-0.2, -0.15) is 0 Å². The summed E-state index contributed by atoms with van der Waals surface area (Å²) in [7, 11) is 0. The van der Waals surface area contributed by atoms with E-state index in [0.717, 1.165) is 0 Å². The van der Waals surface area contributed by atoms with Crippen molar-refractivity contribution in [1.82, 2.24) is 0 Å². The molecule has 2 saturated carbocycles. The Balaban J connectivity index is 1.50. The molecule has 0 aromatic rings. The average molecular weight is 559 g/mol. The molecule has 0 radical (unpaired) electrons. The first kappa shape index (κ1) is 29.1. The summed E-state index contributed by atoms with van der Waals surface area (Å²) < 4.78 is 24.4. The quantitative estimate of drug-likeness (QED) is 0.271. The molecule has 206 valence electrons. The van der Waals surface area contributed by atoms with Crippen LogP contribution in [-0.4, -0.2) is 11.6 Å². The third-order valence-electron chi connectivity index (χ3n) is 8.06.